The van der Waals surface area contributed by atoms with Gasteiger partial charge in [0.2, 0.25) is 5.95 Å². The molecule has 0 saturated heterocycles. The fourth-order valence-electron chi connectivity index (χ4n) is 2.70. The first-order chi connectivity index (χ1) is 13.0. The number of aliphatic hydroxyl groups excluding tert-OH is 1. The van der Waals surface area contributed by atoms with Gasteiger partial charge in [0.05, 0.1) is 19.9 Å². The van der Waals surface area contributed by atoms with Crippen molar-refractivity contribution in [2.75, 3.05) is 19.1 Å². The molecular weight excluding hydrogens is 352 g/mol. The van der Waals surface area contributed by atoms with Crippen molar-refractivity contribution < 1.29 is 9.84 Å². The molecule has 0 aliphatic carbocycles. The highest BCUT2D eigenvalue weighted by molar-refractivity contribution is 5.80. The summed E-state index contributed by atoms with van der Waals surface area (Å²) in [7, 11) is 4.52. The Morgan fingerprint density at radius 1 is 1.22 bits per heavy atom. The largest absolute Gasteiger partial charge is 0.497 e. The van der Waals surface area contributed by atoms with Crippen molar-refractivity contribution in [2.24, 2.45) is 19.2 Å². The van der Waals surface area contributed by atoms with Gasteiger partial charge in [0, 0.05) is 20.6 Å². The van der Waals surface area contributed by atoms with Gasteiger partial charge in [0.25, 0.3) is 5.56 Å². The van der Waals surface area contributed by atoms with E-state index in [9.17, 15) is 14.7 Å². The molecule has 2 aromatic heterocycles. The average molecular weight is 372 g/mol. The van der Waals surface area contributed by atoms with Crippen molar-refractivity contribution in [3.8, 4) is 5.75 Å². The summed E-state index contributed by atoms with van der Waals surface area (Å²) >= 11 is 0. The number of hydrogen-bond donors (Lipinski definition) is 2. The normalized spacial score (nSPS) is 11.4. The van der Waals surface area contributed by atoms with Crippen LogP contribution in [-0.2, 0) is 20.6 Å². The molecule has 2 N–H and O–H groups in total. The monoisotopic (exact) mass is 372 g/mol. The van der Waals surface area contributed by atoms with Crippen molar-refractivity contribution in [1.82, 2.24) is 18.7 Å². The maximum atomic E-state index is 12.5. The second kappa shape index (κ2) is 7.46. The average Bonchev–Trinajstić information content (AvgIpc) is 3.04. The second-order valence-electron chi connectivity index (χ2n) is 5.83. The zero-order valence-corrected chi connectivity index (χ0v) is 15.2. The molecule has 0 spiro atoms. The molecule has 0 unspecified atom stereocenters. The van der Waals surface area contributed by atoms with Crippen LogP contribution in [0.1, 0.15) is 5.56 Å². The maximum Gasteiger partial charge on any atom is 0.332 e. The molecule has 2 heterocycles. The minimum atomic E-state index is -0.485. The molecule has 142 valence electrons. The number of hydrogen-bond acceptors (Lipinski definition) is 7. The van der Waals surface area contributed by atoms with Crippen LogP contribution >= 0.6 is 0 Å². The van der Waals surface area contributed by atoms with E-state index < -0.39 is 11.2 Å². The van der Waals surface area contributed by atoms with Gasteiger partial charge in [0.15, 0.2) is 11.2 Å². The van der Waals surface area contributed by atoms with Crippen LogP contribution in [0, 0.1) is 0 Å². The van der Waals surface area contributed by atoms with Gasteiger partial charge in [-0.05, 0) is 29.8 Å². The van der Waals surface area contributed by atoms with Gasteiger partial charge in [-0.3, -0.25) is 13.9 Å². The number of aryl methyl sites for hydroxylation is 1. The van der Waals surface area contributed by atoms with Crippen molar-refractivity contribution in [3.05, 3.63) is 50.7 Å². The Morgan fingerprint density at radius 2 is 1.93 bits per heavy atom. The number of aromatic nitrogens is 4. The molecule has 10 heteroatoms. The molecule has 0 radical (unpaired) electrons. The van der Waals surface area contributed by atoms with E-state index in [0.29, 0.717) is 0 Å². The lowest BCUT2D eigenvalue weighted by molar-refractivity contribution is 0.278. The van der Waals surface area contributed by atoms with Gasteiger partial charge in [0.1, 0.15) is 5.75 Å². The molecule has 10 nitrogen and oxygen atoms in total. The third-order valence-corrected chi connectivity index (χ3v) is 4.17. The lowest BCUT2D eigenvalue weighted by Crippen LogP contribution is -2.37. The highest BCUT2D eigenvalue weighted by atomic mass is 16.5. The van der Waals surface area contributed by atoms with Crippen LogP contribution in [-0.4, -0.2) is 43.7 Å². The van der Waals surface area contributed by atoms with E-state index in [1.807, 2.05) is 24.3 Å². The summed E-state index contributed by atoms with van der Waals surface area (Å²) in [5.74, 6) is 0.990. The smallest absolute Gasteiger partial charge is 0.332 e. The number of imidazole rings is 1. The first kappa shape index (κ1) is 18.4. The molecule has 0 aliphatic heterocycles. The Kier molecular flexibility index (Phi) is 5.08. The van der Waals surface area contributed by atoms with Crippen molar-refractivity contribution >= 4 is 23.3 Å². The summed E-state index contributed by atoms with van der Waals surface area (Å²) in [6, 6.07) is 7.28. The van der Waals surface area contributed by atoms with Gasteiger partial charge < -0.3 is 14.4 Å². The number of anilines is 1. The molecule has 27 heavy (non-hydrogen) atoms. The quantitative estimate of drug-likeness (QED) is 0.460. The van der Waals surface area contributed by atoms with Crippen LogP contribution in [0.15, 0.2) is 39.0 Å². The highest BCUT2D eigenvalue weighted by Crippen LogP contribution is 2.15. The number of nitrogens with one attached hydrogen (secondary N) is 1. The Labute approximate surface area is 154 Å². The van der Waals surface area contributed by atoms with Crippen LogP contribution in [0.2, 0.25) is 0 Å². The first-order valence-electron chi connectivity index (χ1n) is 8.18. The topological polar surface area (TPSA) is 116 Å². The summed E-state index contributed by atoms with van der Waals surface area (Å²) in [4.78, 5) is 28.9. The fraction of sp³-hybridized carbons (Fsp3) is 0.294. The van der Waals surface area contributed by atoms with E-state index in [0.717, 1.165) is 15.9 Å². The van der Waals surface area contributed by atoms with Gasteiger partial charge in [-0.1, -0.05) is 0 Å². The third kappa shape index (κ3) is 3.34. The summed E-state index contributed by atoms with van der Waals surface area (Å²) in [6.45, 7) is -0.0708. The number of methoxy groups -OCH3 is 1. The van der Waals surface area contributed by atoms with E-state index in [1.54, 1.807) is 13.3 Å². The van der Waals surface area contributed by atoms with Crippen molar-refractivity contribution in [1.29, 1.82) is 0 Å². The van der Waals surface area contributed by atoms with Gasteiger partial charge in [-0.2, -0.15) is 10.1 Å². The van der Waals surface area contributed by atoms with Crippen molar-refractivity contribution in [2.45, 2.75) is 6.54 Å². The minimum absolute atomic E-state index is 0.129. The van der Waals surface area contributed by atoms with E-state index in [1.165, 1.54) is 23.2 Å². The van der Waals surface area contributed by atoms with E-state index >= 15 is 0 Å². The highest BCUT2D eigenvalue weighted by Gasteiger charge is 2.18. The Morgan fingerprint density at radius 3 is 2.56 bits per heavy atom. The molecule has 0 atom stereocenters. The molecule has 0 amide bonds. The molecular formula is C17H20N6O4. The number of fused-ring (bicyclic) bond motifs is 1. The first-order valence-corrected chi connectivity index (χ1v) is 8.18. The summed E-state index contributed by atoms with van der Waals surface area (Å²) in [6.07, 6.45) is 1.58. The zero-order valence-electron chi connectivity index (χ0n) is 15.2. The molecule has 0 bridgehead atoms. The molecule has 1 aromatic carbocycles. The second-order valence-corrected chi connectivity index (χ2v) is 5.83. The lowest BCUT2D eigenvalue weighted by atomic mass is 10.2. The number of hydrazone groups is 1. The lowest BCUT2D eigenvalue weighted by Gasteiger charge is -2.07. The summed E-state index contributed by atoms with van der Waals surface area (Å²) in [5, 5.41) is 13.5. The minimum Gasteiger partial charge on any atom is -0.497 e. The van der Waals surface area contributed by atoms with E-state index in [2.05, 4.69) is 15.5 Å². The van der Waals surface area contributed by atoms with E-state index in [-0.39, 0.29) is 30.3 Å². The Hall–Kier alpha value is -3.40. The predicted octanol–water partition coefficient (Wildman–Crippen LogP) is -0.119. The standard InChI is InChI=1S/C17H20N6O4/c1-21-14-13(15(25)22(2)17(21)26)23(8-9-24)16(19-14)20-18-10-11-4-6-12(27-3)7-5-11/h4-7,10,24H,8-9H2,1-3H3,(H,19,20)/b18-10-. The van der Waals surface area contributed by atoms with Gasteiger partial charge >= 0.3 is 5.69 Å². The zero-order chi connectivity index (χ0) is 19.6. The Bertz CT molecular complexity index is 1110. The van der Waals surface area contributed by atoms with Crippen molar-refractivity contribution in [3.63, 3.8) is 0 Å². The van der Waals surface area contributed by atoms with Crippen LogP contribution in [0.3, 0.4) is 0 Å². The van der Waals surface area contributed by atoms with Crippen LogP contribution in [0.5, 0.6) is 5.75 Å². The SMILES string of the molecule is COc1ccc(/C=N\Nc2nc3c(c(=O)n(C)c(=O)n3C)n2CCO)cc1. The third-order valence-electron chi connectivity index (χ3n) is 4.17. The van der Waals surface area contributed by atoms with Crippen LogP contribution in [0.4, 0.5) is 5.95 Å². The number of rotatable bonds is 6. The molecule has 3 aromatic rings. The fourth-order valence-corrected chi connectivity index (χ4v) is 2.70. The number of benzene rings is 1. The number of ether oxygens (including phenoxy) is 1. The number of nitrogens with zero attached hydrogens (tertiary/aromatic N) is 5. The van der Waals surface area contributed by atoms with Gasteiger partial charge in [-0.15, -0.1) is 0 Å². The summed E-state index contributed by atoms with van der Waals surface area (Å²) < 4.78 is 8.89. The molecule has 3 rings (SSSR count). The van der Waals surface area contributed by atoms with Gasteiger partial charge in [-0.25, -0.2) is 10.2 Å². The molecule has 0 fully saturated rings. The maximum absolute atomic E-state index is 12.5. The van der Waals surface area contributed by atoms with Crippen LogP contribution in [0.25, 0.3) is 11.2 Å². The molecule has 0 saturated carbocycles. The summed E-state index contributed by atoms with van der Waals surface area (Å²) in [5.41, 5.74) is 3.08. The predicted molar refractivity (Wildman–Crippen MR) is 102 cm³/mol. The van der Waals surface area contributed by atoms with Crippen LogP contribution < -0.4 is 21.4 Å². The Balaban J connectivity index is 2.00. The van der Waals surface area contributed by atoms with E-state index in [4.69, 9.17) is 4.74 Å². The molecule has 0 aliphatic rings. The number of aliphatic hydroxyl groups is 1.